The first-order chi connectivity index (χ1) is 24.9. The van der Waals surface area contributed by atoms with Gasteiger partial charge in [-0.25, -0.2) is 0 Å². The van der Waals surface area contributed by atoms with Gasteiger partial charge in [-0.3, -0.25) is 39.0 Å². The summed E-state index contributed by atoms with van der Waals surface area (Å²) in [5.74, 6) is 4.73. The summed E-state index contributed by atoms with van der Waals surface area (Å²) in [6.07, 6.45) is 9.34. The number of carbonyl (C=O) groups is 6. The van der Waals surface area contributed by atoms with Crippen molar-refractivity contribution in [3.05, 3.63) is 64.2 Å². The summed E-state index contributed by atoms with van der Waals surface area (Å²) in [6.45, 7) is 8.08. The molecule has 276 valence electrons. The number of carbonyl (C=O) groups excluding carboxylic acids is 6. The summed E-state index contributed by atoms with van der Waals surface area (Å²) in [7, 11) is 0. The lowest BCUT2D eigenvalue weighted by molar-refractivity contribution is -0.136. The fourth-order valence-electron chi connectivity index (χ4n) is 6.83. The summed E-state index contributed by atoms with van der Waals surface area (Å²) in [5, 5.41) is 5.15. The van der Waals surface area contributed by atoms with Gasteiger partial charge in [0.05, 0.1) is 11.1 Å². The van der Waals surface area contributed by atoms with Gasteiger partial charge in [0.2, 0.25) is 17.7 Å². The third-order valence-corrected chi connectivity index (χ3v) is 9.59. The maximum Gasteiger partial charge on any atom is 0.263 e. The first-order valence-corrected chi connectivity index (χ1v) is 18.5. The van der Waals surface area contributed by atoms with Crippen LogP contribution in [-0.4, -0.2) is 71.0 Å². The molecule has 0 aliphatic carbocycles. The fourth-order valence-corrected chi connectivity index (χ4v) is 6.83. The predicted molar refractivity (Wildman–Crippen MR) is 195 cm³/mol. The molecule has 1 unspecified atom stereocenters. The molecule has 1 saturated heterocycles. The molecule has 0 spiro atoms. The lowest BCUT2D eigenvalue weighted by atomic mass is 9.90. The fraction of sp³-hybridized carbons (Fsp3) is 0.512. The molecule has 3 aliphatic rings. The Morgan fingerprint density at radius 3 is 2.42 bits per heavy atom. The lowest BCUT2D eigenvalue weighted by Crippen LogP contribution is -2.54. The van der Waals surface area contributed by atoms with Crippen LogP contribution in [0.2, 0.25) is 0 Å². The molecule has 1 atom stereocenters. The smallest absolute Gasteiger partial charge is 0.263 e. The molecule has 11 heteroatoms. The number of hydrogen-bond donors (Lipinski definition) is 2. The molecule has 52 heavy (non-hydrogen) atoms. The molecule has 3 aliphatic heterocycles. The number of benzene rings is 2. The quantitative estimate of drug-likeness (QED) is 0.158. The third-order valence-electron chi connectivity index (χ3n) is 9.59. The predicted octanol–water partition coefficient (Wildman–Crippen LogP) is 5.08. The van der Waals surface area contributed by atoms with Gasteiger partial charge in [0.1, 0.15) is 11.8 Å². The zero-order chi connectivity index (χ0) is 37.3. The van der Waals surface area contributed by atoms with Gasteiger partial charge in [0.25, 0.3) is 17.7 Å². The van der Waals surface area contributed by atoms with E-state index in [1.807, 2.05) is 23.1 Å². The van der Waals surface area contributed by atoms with Crippen LogP contribution in [0.1, 0.15) is 129 Å². The van der Waals surface area contributed by atoms with Crippen LogP contribution in [0, 0.1) is 17.3 Å². The maximum absolute atomic E-state index is 13.2. The minimum Gasteiger partial charge on any atom is -0.484 e. The number of fused-ring (bicyclic) bond motifs is 2. The monoisotopic (exact) mass is 710 g/mol. The Hall–Kier alpha value is -4.98. The van der Waals surface area contributed by atoms with Gasteiger partial charge < -0.3 is 15.0 Å². The van der Waals surface area contributed by atoms with Crippen LogP contribution in [0.4, 0.5) is 0 Å². The molecular weight excluding hydrogens is 660 g/mol. The number of nitrogens with zero attached hydrogens (tertiary/aromatic N) is 2. The minimum atomic E-state index is -0.998. The zero-order valence-corrected chi connectivity index (χ0v) is 30.6. The van der Waals surface area contributed by atoms with Crippen molar-refractivity contribution in [3.63, 3.8) is 0 Å². The van der Waals surface area contributed by atoms with Crippen LogP contribution in [0.5, 0.6) is 5.75 Å². The number of piperidine rings is 1. The second kappa shape index (κ2) is 17.5. The van der Waals surface area contributed by atoms with Gasteiger partial charge in [-0.1, -0.05) is 76.8 Å². The van der Waals surface area contributed by atoms with Crippen LogP contribution in [0.15, 0.2) is 36.4 Å². The molecular formula is C41H50N4O7. The summed E-state index contributed by atoms with van der Waals surface area (Å²) >= 11 is 0. The van der Waals surface area contributed by atoms with E-state index in [-0.39, 0.29) is 47.8 Å². The topological polar surface area (TPSA) is 142 Å². The molecule has 0 bridgehead atoms. The number of hydrogen-bond acceptors (Lipinski definition) is 7. The first kappa shape index (κ1) is 38.3. The first-order valence-electron chi connectivity index (χ1n) is 18.5. The number of rotatable bonds is 14. The Labute approximate surface area is 306 Å². The van der Waals surface area contributed by atoms with Crippen molar-refractivity contribution >= 4 is 35.4 Å². The number of ether oxygens (including phenoxy) is 1. The average Bonchev–Trinajstić information content (AvgIpc) is 3.36. The minimum absolute atomic E-state index is 0.0453. The SMILES string of the molecule is CC(C)(C)CC(=O)N1CCc2ccc(OCC(=O)NCCCCCCCCCC#Cc3cccc4c3C(=O)N(C3CCC(=O)NC3=O)C4=O)cc2C1. The summed E-state index contributed by atoms with van der Waals surface area (Å²) in [6, 6.07) is 9.84. The van der Waals surface area contributed by atoms with E-state index in [0.29, 0.717) is 37.2 Å². The van der Waals surface area contributed by atoms with Crippen molar-refractivity contribution in [1.82, 2.24) is 20.4 Å². The lowest BCUT2D eigenvalue weighted by Gasteiger charge is -2.31. The molecule has 0 aromatic heterocycles. The Balaban J connectivity index is 0.923. The van der Waals surface area contributed by atoms with Gasteiger partial charge in [0.15, 0.2) is 6.61 Å². The Kier molecular flexibility index (Phi) is 12.9. The molecule has 6 amide bonds. The van der Waals surface area contributed by atoms with E-state index in [4.69, 9.17) is 4.74 Å². The van der Waals surface area contributed by atoms with Crippen molar-refractivity contribution in [3.8, 4) is 17.6 Å². The van der Waals surface area contributed by atoms with E-state index < -0.39 is 29.7 Å². The van der Waals surface area contributed by atoms with E-state index >= 15 is 0 Å². The Bertz CT molecular complexity index is 1770. The number of nitrogens with one attached hydrogen (secondary N) is 2. The van der Waals surface area contributed by atoms with Crippen LogP contribution in [-0.2, 0) is 32.1 Å². The molecule has 2 N–H and O–H groups in total. The van der Waals surface area contributed by atoms with Gasteiger partial charge in [-0.05, 0) is 66.5 Å². The molecule has 2 aromatic rings. The molecule has 2 aromatic carbocycles. The maximum atomic E-state index is 13.2. The molecule has 0 saturated carbocycles. The van der Waals surface area contributed by atoms with E-state index in [1.165, 1.54) is 5.56 Å². The van der Waals surface area contributed by atoms with Crippen molar-refractivity contribution < 1.29 is 33.5 Å². The van der Waals surface area contributed by atoms with E-state index in [1.54, 1.807) is 18.2 Å². The highest BCUT2D eigenvalue weighted by Gasteiger charge is 2.45. The number of imide groups is 2. The molecule has 11 nitrogen and oxygen atoms in total. The van der Waals surface area contributed by atoms with Crippen molar-refractivity contribution in [1.29, 1.82) is 0 Å². The van der Waals surface area contributed by atoms with Crippen LogP contribution in [0.25, 0.3) is 0 Å². The summed E-state index contributed by atoms with van der Waals surface area (Å²) in [4.78, 5) is 78.0. The van der Waals surface area contributed by atoms with Gasteiger partial charge in [-0.15, -0.1) is 0 Å². The molecule has 3 heterocycles. The highest BCUT2D eigenvalue weighted by atomic mass is 16.5. The van der Waals surface area contributed by atoms with Crippen molar-refractivity contribution in [2.45, 2.75) is 110 Å². The van der Waals surface area contributed by atoms with Gasteiger partial charge >= 0.3 is 0 Å². The van der Waals surface area contributed by atoms with Crippen LogP contribution < -0.4 is 15.4 Å². The Morgan fingerprint density at radius 2 is 1.67 bits per heavy atom. The van der Waals surface area contributed by atoms with Crippen molar-refractivity contribution in [2.75, 3.05) is 19.7 Å². The highest BCUT2D eigenvalue weighted by Crippen LogP contribution is 2.30. The molecule has 1 fully saturated rings. The second-order valence-electron chi connectivity index (χ2n) is 15.1. The summed E-state index contributed by atoms with van der Waals surface area (Å²) < 4.78 is 5.77. The number of unbranched alkanes of at least 4 members (excludes halogenated alkanes) is 7. The summed E-state index contributed by atoms with van der Waals surface area (Å²) in [5.41, 5.74) is 3.18. The number of amides is 6. The van der Waals surface area contributed by atoms with Crippen molar-refractivity contribution in [2.24, 2.45) is 5.41 Å². The van der Waals surface area contributed by atoms with E-state index in [9.17, 15) is 28.8 Å². The standard InChI is InChI=1S/C41H50N4O7/c1-41(2,3)25-36(48)44-23-21-28-17-18-31(24-30(28)26-44)52-27-35(47)42-22-12-10-8-6-4-5-7-9-11-14-29-15-13-16-32-37(29)40(51)45(39(32)50)33-19-20-34(46)43-38(33)49/h13,15-18,24,33H,4-10,12,19-23,25-27H2,1-3H3,(H,42,47)(H,43,46,49). The average molecular weight is 711 g/mol. The largest absolute Gasteiger partial charge is 0.484 e. The van der Waals surface area contributed by atoms with Crippen LogP contribution >= 0.6 is 0 Å². The third kappa shape index (κ3) is 10.1. The van der Waals surface area contributed by atoms with Gasteiger partial charge in [0, 0.05) is 44.5 Å². The molecule has 5 rings (SSSR count). The highest BCUT2D eigenvalue weighted by molar-refractivity contribution is 6.24. The normalized spacial score (nSPS) is 16.9. The Morgan fingerprint density at radius 1 is 0.923 bits per heavy atom. The van der Waals surface area contributed by atoms with E-state index in [0.717, 1.165) is 68.4 Å². The van der Waals surface area contributed by atoms with Gasteiger partial charge in [-0.2, -0.15) is 0 Å². The van der Waals surface area contributed by atoms with E-state index in [2.05, 4.69) is 43.2 Å². The second-order valence-corrected chi connectivity index (χ2v) is 15.1. The molecule has 0 radical (unpaired) electrons. The zero-order valence-electron chi connectivity index (χ0n) is 30.6. The van der Waals surface area contributed by atoms with Crippen LogP contribution in [0.3, 0.4) is 0 Å².